The molecule has 0 aliphatic carbocycles. The van der Waals surface area contributed by atoms with Crippen molar-refractivity contribution in [2.45, 2.75) is 12.8 Å². The third kappa shape index (κ3) is 2.98. The second-order valence-electron chi connectivity index (χ2n) is 5.69. The first kappa shape index (κ1) is 17.0. The summed E-state index contributed by atoms with van der Waals surface area (Å²) < 4.78 is 5.26. The molecule has 3 rings (SSSR count). The summed E-state index contributed by atoms with van der Waals surface area (Å²) in [7, 11) is 1.48. The third-order valence-electron chi connectivity index (χ3n) is 4.18. The zero-order chi connectivity index (χ0) is 18.1. The zero-order valence-electron chi connectivity index (χ0n) is 13.7. The van der Waals surface area contributed by atoms with E-state index in [-0.39, 0.29) is 11.5 Å². The standard InChI is InChI=1S/C19H16ClNO4/c1-10(19(23)24)16-12-8-7-11(20)9-14(12)21-17(16)18(22)13-5-3-4-6-15(13)25-2/h3-10,21H,1-2H3,(H,23,24). The van der Waals surface area contributed by atoms with Crippen LogP contribution >= 0.6 is 11.6 Å². The highest BCUT2D eigenvalue weighted by molar-refractivity contribution is 6.31. The van der Waals surface area contributed by atoms with E-state index in [4.69, 9.17) is 16.3 Å². The molecule has 6 heteroatoms. The van der Waals surface area contributed by atoms with Crippen molar-refractivity contribution >= 4 is 34.3 Å². The Kier molecular flexibility index (Phi) is 4.51. The van der Waals surface area contributed by atoms with Crippen LogP contribution in [0.4, 0.5) is 0 Å². The number of carbonyl (C=O) groups excluding carboxylic acids is 1. The summed E-state index contributed by atoms with van der Waals surface area (Å²) in [5, 5.41) is 10.6. The molecule has 0 aliphatic rings. The summed E-state index contributed by atoms with van der Waals surface area (Å²) in [6.07, 6.45) is 0. The largest absolute Gasteiger partial charge is 0.496 e. The molecule has 0 saturated heterocycles. The van der Waals surface area contributed by atoms with Gasteiger partial charge in [0.05, 0.1) is 24.3 Å². The van der Waals surface area contributed by atoms with E-state index in [2.05, 4.69) is 4.98 Å². The van der Waals surface area contributed by atoms with Crippen LogP contribution in [0.1, 0.15) is 34.5 Å². The van der Waals surface area contributed by atoms with Gasteiger partial charge >= 0.3 is 5.97 Å². The molecule has 3 aromatic rings. The molecule has 25 heavy (non-hydrogen) atoms. The Hall–Kier alpha value is -2.79. The second-order valence-corrected chi connectivity index (χ2v) is 6.13. The number of aromatic nitrogens is 1. The highest BCUT2D eigenvalue weighted by Gasteiger charge is 2.27. The molecule has 1 atom stereocenters. The van der Waals surface area contributed by atoms with Crippen molar-refractivity contribution in [3.8, 4) is 5.75 Å². The van der Waals surface area contributed by atoms with Crippen LogP contribution in [0.2, 0.25) is 5.02 Å². The molecule has 5 nitrogen and oxygen atoms in total. The molecule has 2 N–H and O–H groups in total. The second kappa shape index (κ2) is 6.61. The molecule has 1 unspecified atom stereocenters. The fourth-order valence-corrected chi connectivity index (χ4v) is 3.08. The fourth-order valence-electron chi connectivity index (χ4n) is 2.91. The molecule has 1 heterocycles. The minimum absolute atomic E-state index is 0.233. The lowest BCUT2D eigenvalue weighted by molar-refractivity contribution is -0.138. The number of H-pyrrole nitrogens is 1. The van der Waals surface area contributed by atoms with E-state index in [0.717, 1.165) is 0 Å². The van der Waals surface area contributed by atoms with Gasteiger partial charge in [-0.3, -0.25) is 9.59 Å². The number of aliphatic carboxylic acids is 1. The first-order valence-corrected chi connectivity index (χ1v) is 8.03. The first-order chi connectivity index (χ1) is 11.9. The number of ketones is 1. The normalized spacial score (nSPS) is 12.1. The van der Waals surface area contributed by atoms with Gasteiger partial charge in [-0.1, -0.05) is 29.8 Å². The number of hydrogen-bond donors (Lipinski definition) is 2. The Morgan fingerprint density at radius 3 is 2.60 bits per heavy atom. The van der Waals surface area contributed by atoms with Gasteiger partial charge in [-0.15, -0.1) is 0 Å². The summed E-state index contributed by atoms with van der Waals surface area (Å²) >= 11 is 6.03. The van der Waals surface area contributed by atoms with E-state index < -0.39 is 11.9 Å². The predicted octanol–water partition coefficient (Wildman–Crippen LogP) is 4.25. The van der Waals surface area contributed by atoms with Gasteiger partial charge in [-0.2, -0.15) is 0 Å². The van der Waals surface area contributed by atoms with Gasteiger partial charge in [-0.05, 0) is 31.2 Å². The van der Waals surface area contributed by atoms with E-state index in [9.17, 15) is 14.7 Å². The summed E-state index contributed by atoms with van der Waals surface area (Å²) in [6, 6.07) is 11.9. The van der Waals surface area contributed by atoms with Crippen LogP contribution in [-0.4, -0.2) is 29.0 Å². The van der Waals surface area contributed by atoms with Crippen molar-refractivity contribution in [1.82, 2.24) is 4.98 Å². The Morgan fingerprint density at radius 2 is 1.92 bits per heavy atom. The first-order valence-electron chi connectivity index (χ1n) is 7.65. The van der Waals surface area contributed by atoms with Crippen molar-refractivity contribution in [2.75, 3.05) is 7.11 Å². The van der Waals surface area contributed by atoms with Crippen LogP contribution in [-0.2, 0) is 4.79 Å². The molecule has 0 amide bonds. The van der Waals surface area contributed by atoms with Crippen LogP contribution < -0.4 is 4.74 Å². The molecule has 128 valence electrons. The smallest absolute Gasteiger partial charge is 0.310 e. The number of carbonyl (C=O) groups is 2. The lowest BCUT2D eigenvalue weighted by Crippen LogP contribution is -2.13. The lowest BCUT2D eigenvalue weighted by atomic mass is 9.94. The van der Waals surface area contributed by atoms with Crippen LogP contribution in [0.5, 0.6) is 5.75 Å². The van der Waals surface area contributed by atoms with Crippen molar-refractivity contribution in [3.05, 3.63) is 64.3 Å². The lowest BCUT2D eigenvalue weighted by Gasteiger charge is -2.10. The molecule has 1 aromatic heterocycles. The van der Waals surface area contributed by atoms with Crippen molar-refractivity contribution in [3.63, 3.8) is 0 Å². The summed E-state index contributed by atoms with van der Waals surface area (Å²) in [5.74, 6) is -1.76. The Morgan fingerprint density at radius 1 is 1.20 bits per heavy atom. The van der Waals surface area contributed by atoms with Gasteiger partial charge in [-0.25, -0.2) is 0 Å². The number of aromatic amines is 1. The maximum atomic E-state index is 13.1. The highest BCUT2D eigenvalue weighted by atomic mass is 35.5. The van der Waals surface area contributed by atoms with Gasteiger partial charge in [0.1, 0.15) is 5.75 Å². The van der Waals surface area contributed by atoms with E-state index in [0.29, 0.717) is 32.8 Å². The quantitative estimate of drug-likeness (QED) is 0.669. The average Bonchev–Trinajstić information content (AvgIpc) is 2.98. The van der Waals surface area contributed by atoms with Gasteiger partial charge < -0.3 is 14.8 Å². The van der Waals surface area contributed by atoms with E-state index in [1.165, 1.54) is 7.11 Å². The summed E-state index contributed by atoms with van der Waals surface area (Å²) in [5.41, 5.74) is 1.65. The topological polar surface area (TPSA) is 79.4 Å². The molecular formula is C19H16ClNO4. The minimum Gasteiger partial charge on any atom is -0.496 e. The van der Waals surface area contributed by atoms with Crippen LogP contribution in [0, 0.1) is 0 Å². The molecule has 0 spiro atoms. The fraction of sp³-hybridized carbons (Fsp3) is 0.158. The van der Waals surface area contributed by atoms with Gasteiger partial charge in [0.2, 0.25) is 5.78 Å². The molecule has 0 bridgehead atoms. The highest BCUT2D eigenvalue weighted by Crippen LogP contribution is 2.33. The maximum absolute atomic E-state index is 13.1. The van der Waals surface area contributed by atoms with Gasteiger partial charge in [0.25, 0.3) is 0 Å². The maximum Gasteiger partial charge on any atom is 0.310 e. The molecule has 2 aromatic carbocycles. The summed E-state index contributed by atoms with van der Waals surface area (Å²) in [6.45, 7) is 1.55. The van der Waals surface area contributed by atoms with Crippen LogP contribution in [0.15, 0.2) is 42.5 Å². The monoisotopic (exact) mass is 357 g/mol. The number of ether oxygens (including phenoxy) is 1. The number of fused-ring (bicyclic) bond motifs is 1. The van der Waals surface area contributed by atoms with Crippen molar-refractivity contribution in [2.24, 2.45) is 0 Å². The predicted molar refractivity (Wildman–Crippen MR) is 95.8 cm³/mol. The van der Waals surface area contributed by atoms with E-state index >= 15 is 0 Å². The zero-order valence-corrected chi connectivity index (χ0v) is 14.4. The number of rotatable bonds is 5. The Labute approximate surface area is 149 Å². The number of benzene rings is 2. The number of para-hydroxylation sites is 1. The molecule has 0 aliphatic heterocycles. The average molecular weight is 358 g/mol. The van der Waals surface area contributed by atoms with Crippen LogP contribution in [0.25, 0.3) is 10.9 Å². The summed E-state index contributed by atoms with van der Waals surface area (Å²) in [4.78, 5) is 27.7. The number of carboxylic acid groups (broad SMARTS) is 1. The number of halogens is 1. The number of methoxy groups -OCH3 is 1. The molecule has 0 radical (unpaired) electrons. The molecule has 0 fully saturated rings. The van der Waals surface area contributed by atoms with Crippen molar-refractivity contribution < 1.29 is 19.4 Å². The minimum atomic E-state index is -1.01. The van der Waals surface area contributed by atoms with Crippen LogP contribution in [0.3, 0.4) is 0 Å². The number of carboxylic acids is 1. The Bertz CT molecular complexity index is 977. The third-order valence-corrected chi connectivity index (χ3v) is 4.42. The molecule has 0 saturated carbocycles. The SMILES string of the molecule is COc1ccccc1C(=O)c1[nH]c2cc(Cl)ccc2c1C(C)C(=O)O. The van der Waals surface area contributed by atoms with E-state index in [1.54, 1.807) is 49.4 Å². The van der Waals surface area contributed by atoms with Gasteiger partial charge in [0.15, 0.2) is 0 Å². The van der Waals surface area contributed by atoms with Crippen molar-refractivity contribution in [1.29, 1.82) is 0 Å². The van der Waals surface area contributed by atoms with E-state index in [1.807, 2.05) is 0 Å². The number of nitrogens with one attached hydrogen (secondary N) is 1. The molecular weight excluding hydrogens is 342 g/mol. The van der Waals surface area contributed by atoms with Gasteiger partial charge in [0, 0.05) is 21.5 Å². The Balaban J connectivity index is 2.26. The number of hydrogen-bond acceptors (Lipinski definition) is 3.